The van der Waals surface area contributed by atoms with E-state index in [4.69, 9.17) is 9.16 Å². The van der Waals surface area contributed by atoms with Gasteiger partial charge in [-0.1, -0.05) is 50.6 Å². The van der Waals surface area contributed by atoms with Crippen molar-refractivity contribution in [1.29, 1.82) is 0 Å². The average Bonchev–Trinajstić information content (AvgIpc) is 2.97. The Hall–Kier alpha value is -1.63. The molecule has 30 heavy (non-hydrogen) atoms. The number of aliphatic hydroxyl groups is 1. The van der Waals surface area contributed by atoms with E-state index in [-0.39, 0.29) is 29.6 Å². The molecule has 0 bridgehead atoms. The Balaban J connectivity index is 2.13. The van der Waals surface area contributed by atoms with E-state index in [1.807, 2.05) is 43.3 Å². The van der Waals surface area contributed by atoms with Crippen molar-refractivity contribution in [1.82, 2.24) is 0 Å². The van der Waals surface area contributed by atoms with Gasteiger partial charge in [-0.05, 0) is 56.5 Å². The van der Waals surface area contributed by atoms with Crippen LogP contribution < -0.4 is 4.74 Å². The van der Waals surface area contributed by atoms with Gasteiger partial charge >= 0.3 is 5.97 Å². The topological polar surface area (TPSA) is 76.0 Å². The first-order chi connectivity index (χ1) is 13.9. The zero-order valence-corrected chi connectivity index (χ0v) is 20.2. The van der Waals surface area contributed by atoms with Gasteiger partial charge in [-0.3, -0.25) is 4.79 Å². The molecule has 0 amide bonds. The van der Waals surface area contributed by atoms with Crippen molar-refractivity contribution in [2.24, 2.45) is 5.92 Å². The van der Waals surface area contributed by atoms with Gasteiger partial charge in [0.1, 0.15) is 11.9 Å². The van der Waals surface area contributed by atoms with Crippen molar-refractivity contribution in [2.75, 3.05) is 0 Å². The quantitative estimate of drug-likeness (QED) is 0.380. The number of carboxylic acids is 1. The molecule has 0 spiro atoms. The van der Waals surface area contributed by atoms with Gasteiger partial charge in [0.2, 0.25) is 0 Å². The van der Waals surface area contributed by atoms with E-state index in [9.17, 15) is 15.0 Å². The van der Waals surface area contributed by atoms with Crippen LogP contribution in [0.5, 0.6) is 5.75 Å². The van der Waals surface area contributed by atoms with Gasteiger partial charge in [0.15, 0.2) is 8.32 Å². The molecule has 6 heteroatoms. The molecule has 4 atom stereocenters. The van der Waals surface area contributed by atoms with Gasteiger partial charge in [-0.25, -0.2) is 0 Å². The lowest BCUT2D eigenvalue weighted by Crippen LogP contribution is -2.47. The fourth-order valence-electron chi connectivity index (χ4n) is 3.62. The van der Waals surface area contributed by atoms with Gasteiger partial charge in [-0.2, -0.15) is 0 Å². The predicted molar refractivity (Wildman–Crippen MR) is 122 cm³/mol. The summed E-state index contributed by atoms with van der Waals surface area (Å²) in [5.41, 5.74) is 1.03. The van der Waals surface area contributed by atoms with Crippen LogP contribution in [0, 0.1) is 5.92 Å². The molecular formula is C24H38O5Si. The van der Waals surface area contributed by atoms with Crippen LogP contribution in [0.15, 0.2) is 42.0 Å². The molecule has 0 aromatic heterocycles. The minimum atomic E-state index is -2.02. The first-order valence-corrected chi connectivity index (χ1v) is 13.8. The van der Waals surface area contributed by atoms with Crippen molar-refractivity contribution in [2.45, 2.75) is 89.8 Å². The number of aliphatic carboxylic acids is 1. The summed E-state index contributed by atoms with van der Waals surface area (Å²) in [6, 6.07) is 9.75. The second-order valence-corrected chi connectivity index (χ2v) is 14.6. The fourth-order valence-corrected chi connectivity index (χ4v) is 5.04. The van der Waals surface area contributed by atoms with E-state index >= 15 is 0 Å². The monoisotopic (exact) mass is 434 g/mol. The van der Waals surface area contributed by atoms with E-state index in [0.29, 0.717) is 12.8 Å². The molecule has 1 aromatic rings. The Morgan fingerprint density at radius 1 is 1.23 bits per heavy atom. The van der Waals surface area contributed by atoms with Crippen LogP contribution in [-0.4, -0.2) is 42.8 Å². The smallest absolute Gasteiger partial charge is 0.304 e. The lowest BCUT2D eigenvalue weighted by molar-refractivity contribution is -0.138. The summed E-state index contributed by atoms with van der Waals surface area (Å²) >= 11 is 0. The summed E-state index contributed by atoms with van der Waals surface area (Å²) < 4.78 is 12.9. The van der Waals surface area contributed by atoms with E-state index < -0.39 is 20.4 Å². The van der Waals surface area contributed by atoms with E-state index in [1.54, 1.807) is 0 Å². The number of para-hydroxylation sites is 1. The summed E-state index contributed by atoms with van der Waals surface area (Å²) in [6.45, 7) is 13.2. The van der Waals surface area contributed by atoms with Crippen molar-refractivity contribution >= 4 is 14.3 Å². The van der Waals surface area contributed by atoms with Gasteiger partial charge in [0, 0.05) is 5.92 Å². The van der Waals surface area contributed by atoms with Gasteiger partial charge in [0.05, 0.1) is 18.6 Å². The largest absolute Gasteiger partial charge is 0.488 e. The molecule has 0 fully saturated rings. The van der Waals surface area contributed by atoms with Crippen LogP contribution in [0.4, 0.5) is 0 Å². The number of carbonyl (C=O) groups is 1. The third-order valence-electron chi connectivity index (χ3n) is 6.52. The number of aliphatic hydroxyl groups excluding tert-OH is 1. The van der Waals surface area contributed by atoms with E-state index in [2.05, 4.69) is 33.9 Å². The van der Waals surface area contributed by atoms with Crippen LogP contribution >= 0.6 is 0 Å². The zero-order chi connectivity index (χ0) is 22.5. The summed E-state index contributed by atoms with van der Waals surface area (Å²) in [5, 5.41) is 19.5. The first kappa shape index (κ1) is 24.6. The van der Waals surface area contributed by atoms with Gasteiger partial charge < -0.3 is 19.4 Å². The maximum absolute atomic E-state index is 11.2. The Morgan fingerprint density at radius 2 is 1.87 bits per heavy atom. The lowest BCUT2D eigenvalue weighted by Gasteiger charge is -2.41. The molecule has 0 saturated carbocycles. The number of rotatable bonds is 10. The number of carboxylic acid groups (broad SMARTS) is 1. The van der Waals surface area contributed by atoms with Crippen LogP contribution in [-0.2, 0) is 9.22 Å². The SMILES string of the molecule is CC(Oc1ccccc1)[C@H](CCC1=CC[C@H](O)[C@@H]1CC(=O)O)O[Si](C)(C)C(C)(C)C. The predicted octanol–water partition coefficient (Wildman–Crippen LogP) is 5.41. The summed E-state index contributed by atoms with van der Waals surface area (Å²) in [5.74, 6) is -0.365. The molecule has 2 rings (SSSR count). The van der Waals surface area contributed by atoms with Crippen molar-refractivity contribution < 1.29 is 24.2 Å². The van der Waals surface area contributed by atoms with Crippen molar-refractivity contribution in [3.8, 4) is 5.75 Å². The highest BCUT2D eigenvalue weighted by Gasteiger charge is 2.41. The van der Waals surface area contributed by atoms with Crippen molar-refractivity contribution in [3.63, 3.8) is 0 Å². The van der Waals surface area contributed by atoms with E-state index in [1.165, 1.54) is 0 Å². The Morgan fingerprint density at radius 3 is 2.43 bits per heavy atom. The third kappa shape index (κ3) is 6.69. The molecule has 0 heterocycles. The Labute approximate surface area is 182 Å². The third-order valence-corrected chi connectivity index (χ3v) is 11.0. The molecule has 1 aromatic carbocycles. The Kier molecular flexibility index (Phi) is 8.31. The van der Waals surface area contributed by atoms with Crippen LogP contribution in [0.1, 0.15) is 53.4 Å². The first-order valence-electron chi connectivity index (χ1n) is 10.9. The molecule has 0 radical (unpaired) electrons. The van der Waals surface area contributed by atoms with Crippen LogP contribution in [0.2, 0.25) is 18.1 Å². The second kappa shape index (κ2) is 10.1. The summed E-state index contributed by atoms with van der Waals surface area (Å²) in [7, 11) is -2.02. The van der Waals surface area contributed by atoms with Crippen LogP contribution in [0.25, 0.3) is 0 Å². The molecule has 1 unspecified atom stereocenters. The zero-order valence-electron chi connectivity index (χ0n) is 19.2. The van der Waals surface area contributed by atoms with Gasteiger partial charge in [-0.15, -0.1) is 0 Å². The molecule has 5 nitrogen and oxygen atoms in total. The number of hydrogen-bond donors (Lipinski definition) is 2. The highest BCUT2D eigenvalue weighted by molar-refractivity contribution is 6.74. The van der Waals surface area contributed by atoms with Gasteiger partial charge in [0.25, 0.3) is 0 Å². The second-order valence-electron chi connectivity index (χ2n) is 9.88. The highest BCUT2D eigenvalue weighted by atomic mass is 28.4. The van der Waals surface area contributed by atoms with Crippen LogP contribution in [0.3, 0.4) is 0 Å². The molecule has 1 aliphatic rings. The molecule has 2 N–H and O–H groups in total. The molecule has 1 aliphatic carbocycles. The minimum Gasteiger partial charge on any atom is -0.488 e. The fraction of sp³-hybridized carbons (Fsp3) is 0.625. The number of hydrogen-bond acceptors (Lipinski definition) is 4. The lowest BCUT2D eigenvalue weighted by atomic mass is 9.91. The number of benzene rings is 1. The molecular weight excluding hydrogens is 396 g/mol. The maximum atomic E-state index is 11.2. The minimum absolute atomic E-state index is 0.0309. The average molecular weight is 435 g/mol. The molecule has 168 valence electrons. The molecule has 0 saturated heterocycles. The Bertz CT molecular complexity index is 723. The van der Waals surface area contributed by atoms with E-state index in [0.717, 1.165) is 17.7 Å². The van der Waals surface area contributed by atoms with Crippen molar-refractivity contribution in [3.05, 3.63) is 42.0 Å². The normalized spacial score (nSPS) is 21.8. The summed E-state index contributed by atoms with van der Waals surface area (Å²) in [6.07, 6.45) is 3.07. The maximum Gasteiger partial charge on any atom is 0.304 e. The molecule has 0 aliphatic heterocycles. The summed E-state index contributed by atoms with van der Waals surface area (Å²) in [4.78, 5) is 11.2. The highest BCUT2D eigenvalue weighted by Crippen LogP contribution is 2.39. The number of ether oxygens (including phenoxy) is 1. The standard InChI is InChI=1S/C24H38O5Si/c1-17(28-19-10-8-7-9-11-19)22(29-30(5,6)24(2,3)4)15-13-18-12-14-21(25)20(18)16-23(26)27/h7-12,17,20-22,25H,13-16H2,1-6H3,(H,26,27)/t17?,20-,21+,22+/m1/s1.